The van der Waals surface area contributed by atoms with Gasteiger partial charge in [0.1, 0.15) is 0 Å². The lowest BCUT2D eigenvalue weighted by atomic mass is 10.1. The maximum atomic E-state index is 12.9. The van der Waals surface area contributed by atoms with Gasteiger partial charge in [0.15, 0.2) is 0 Å². The van der Waals surface area contributed by atoms with Crippen LogP contribution in [-0.2, 0) is 9.59 Å². The minimum Gasteiger partial charge on any atom is -0.348 e. The van der Waals surface area contributed by atoms with Crippen molar-refractivity contribution >= 4 is 23.4 Å². The number of amides is 3. The van der Waals surface area contributed by atoms with Crippen LogP contribution in [0.2, 0.25) is 0 Å². The molecule has 1 aromatic carbocycles. The number of anilines is 1. The average Bonchev–Trinajstić information content (AvgIpc) is 2.93. The molecule has 1 aromatic rings. The van der Waals surface area contributed by atoms with E-state index < -0.39 is 0 Å². The summed E-state index contributed by atoms with van der Waals surface area (Å²) in [5, 5.41) is 0. The summed E-state index contributed by atoms with van der Waals surface area (Å²) in [6.07, 6.45) is 3.43. The van der Waals surface area contributed by atoms with Gasteiger partial charge in [0.25, 0.3) is 5.91 Å². The molecule has 2 heterocycles. The first-order valence-electron chi connectivity index (χ1n) is 10.1. The number of likely N-dealkylation sites (N-methyl/N-ethyl adjacent to an activating group) is 1. The van der Waals surface area contributed by atoms with Gasteiger partial charge in [0, 0.05) is 64.5 Å². The van der Waals surface area contributed by atoms with Crippen LogP contribution < -0.4 is 4.90 Å². The summed E-state index contributed by atoms with van der Waals surface area (Å²) in [4.78, 5) is 44.3. The molecule has 2 saturated heterocycles. The van der Waals surface area contributed by atoms with Crippen LogP contribution in [0.15, 0.2) is 24.3 Å². The molecule has 0 N–H and O–H groups in total. The number of rotatable bonds is 4. The number of carbonyl (C=O) groups excluding carboxylic acids is 3. The van der Waals surface area contributed by atoms with Crippen molar-refractivity contribution in [2.24, 2.45) is 0 Å². The maximum absolute atomic E-state index is 12.9. The molecule has 2 fully saturated rings. The molecule has 0 bridgehead atoms. The molecule has 2 aliphatic heterocycles. The lowest BCUT2D eigenvalue weighted by Gasteiger charge is -2.27. The molecule has 28 heavy (non-hydrogen) atoms. The van der Waals surface area contributed by atoms with Crippen molar-refractivity contribution < 1.29 is 14.4 Å². The Morgan fingerprint density at radius 2 is 1.68 bits per heavy atom. The molecule has 0 atom stereocenters. The molecule has 3 amide bonds. The third kappa shape index (κ3) is 4.90. The fourth-order valence-corrected chi connectivity index (χ4v) is 3.71. The zero-order valence-electron chi connectivity index (χ0n) is 16.9. The van der Waals surface area contributed by atoms with Crippen molar-refractivity contribution in [2.75, 3.05) is 58.3 Å². The minimum absolute atomic E-state index is 0.0114. The zero-order valence-corrected chi connectivity index (χ0v) is 16.9. The minimum atomic E-state index is 0.0114. The van der Waals surface area contributed by atoms with Crippen molar-refractivity contribution in [3.05, 3.63) is 29.8 Å². The Kier molecular flexibility index (Phi) is 6.67. The Balaban J connectivity index is 1.59. The van der Waals surface area contributed by atoms with E-state index >= 15 is 0 Å². The third-order valence-corrected chi connectivity index (χ3v) is 5.48. The fraction of sp³-hybridized carbons (Fsp3) is 0.571. The van der Waals surface area contributed by atoms with Crippen molar-refractivity contribution in [2.45, 2.75) is 25.7 Å². The van der Waals surface area contributed by atoms with Gasteiger partial charge >= 0.3 is 0 Å². The summed E-state index contributed by atoms with van der Waals surface area (Å²) in [6.45, 7) is 3.97. The van der Waals surface area contributed by atoms with Gasteiger partial charge in [-0.2, -0.15) is 0 Å². The van der Waals surface area contributed by atoms with Crippen LogP contribution in [0, 0.1) is 0 Å². The molecule has 0 radical (unpaired) electrons. The largest absolute Gasteiger partial charge is 0.348 e. The highest BCUT2D eigenvalue weighted by Crippen LogP contribution is 2.22. The molecule has 0 spiro atoms. The molecule has 0 saturated carbocycles. The molecule has 0 aliphatic carbocycles. The van der Waals surface area contributed by atoms with Gasteiger partial charge in [-0.3, -0.25) is 19.3 Å². The molecule has 2 aliphatic rings. The van der Waals surface area contributed by atoms with Crippen molar-refractivity contribution in [3.8, 4) is 0 Å². The molecule has 152 valence electrons. The van der Waals surface area contributed by atoms with Crippen LogP contribution in [0.4, 0.5) is 5.69 Å². The van der Waals surface area contributed by atoms with E-state index in [-0.39, 0.29) is 17.7 Å². The summed E-state index contributed by atoms with van der Waals surface area (Å²) in [7, 11) is 3.52. The normalized spacial score (nSPS) is 18.7. The van der Waals surface area contributed by atoms with E-state index in [1.807, 2.05) is 34.1 Å². The molecule has 7 nitrogen and oxygen atoms in total. The Morgan fingerprint density at radius 1 is 0.929 bits per heavy atom. The van der Waals surface area contributed by atoms with Gasteiger partial charge in [0.05, 0.1) is 6.54 Å². The first-order chi connectivity index (χ1) is 13.5. The van der Waals surface area contributed by atoms with E-state index in [0.29, 0.717) is 38.2 Å². The van der Waals surface area contributed by atoms with Crippen LogP contribution in [0.25, 0.3) is 0 Å². The standard InChI is InChI=1S/C21H30N4O3/c1-22(2)20(27)16-23-11-5-12-24(15-14-23)21(28)17-7-9-18(10-8-17)25-13-4-3-6-19(25)26/h7-10H,3-6,11-16H2,1-2H3. The molecule has 3 rings (SSSR count). The zero-order chi connectivity index (χ0) is 20.1. The van der Waals surface area contributed by atoms with Crippen molar-refractivity contribution in [1.82, 2.24) is 14.7 Å². The molecule has 0 unspecified atom stereocenters. The predicted molar refractivity (Wildman–Crippen MR) is 108 cm³/mol. The Hall–Kier alpha value is -2.41. The average molecular weight is 386 g/mol. The number of benzene rings is 1. The van der Waals surface area contributed by atoms with Gasteiger partial charge in [0.2, 0.25) is 11.8 Å². The fourth-order valence-electron chi connectivity index (χ4n) is 3.71. The number of piperidine rings is 1. The second-order valence-corrected chi connectivity index (χ2v) is 7.76. The highest BCUT2D eigenvalue weighted by atomic mass is 16.2. The topological polar surface area (TPSA) is 64.2 Å². The lowest BCUT2D eigenvalue weighted by molar-refractivity contribution is -0.129. The quantitative estimate of drug-likeness (QED) is 0.786. The monoisotopic (exact) mass is 386 g/mol. The SMILES string of the molecule is CN(C)C(=O)CN1CCCN(C(=O)c2ccc(N3CCCCC3=O)cc2)CC1. The van der Waals surface area contributed by atoms with Gasteiger partial charge < -0.3 is 14.7 Å². The van der Waals surface area contributed by atoms with E-state index in [0.717, 1.165) is 38.0 Å². The van der Waals surface area contributed by atoms with Gasteiger partial charge in [-0.05, 0) is 43.5 Å². The van der Waals surface area contributed by atoms with Gasteiger partial charge in [-0.25, -0.2) is 0 Å². The number of carbonyl (C=O) groups is 3. The van der Waals surface area contributed by atoms with Crippen LogP contribution in [0.1, 0.15) is 36.0 Å². The number of hydrogen-bond donors (Lipinski definition) is 0. The summed E-state index contributed by atoms with van der Waals surface area (Å²) >= 11 is 0. The van der Waals surface area contributed by atoms with E-state index in [1.54, 1.807) is 19.0 Å². The number of nitrogens with zero attached hydrogens (tertiary/aromatic N) is 4. The van der Waals surface area contributed by atoms with E-state index in [1.165, 1.54) is 0 Å². The van der Waals surface area contributed by atoms with Gasteiger partial charge in [-0.15, -0.1) is 0 Å². The molecular formula is C21H30N4O3. The van der Waals surface area contributed by atoms with E-state index in [4.69, 9.17) is 0 Å². The summed E-state index contributed by atoms with van der Waals surface area (Å²) in [6, 6.07) is 7.38. The third-order valence-electron chi connectivity index (χ3n) is 5.48. The summed E-state index contributed by atoms with van der Waals surface area (Å²) < 4.78 is 0. The van der Waals surface area contributed by atoms with Crippen LogP contribution >= 0.6 is 0 Å². The van der Waals surface area contributed by atoms with Crippen LogP contribution in [0.3, 0.4) is 0 Å². The Bertz CT molecular complexity index is 717. The first kappa shape index (κ1) is 20.3. The number of hydrogen-bond acceptors (Lipinski definition) is 4. The highest BCUT2D eigenvalue weighted by Gasteiger charge is 2.23. The second kappa shape index (κ2) is 9.19. The molecule has 7 heteroatoms. The van der Waals surface area contributed by atoms with Crippen molar-refractivity contribution in [1.29, 1.82) is 0 Å². The Morgan fingerprint density at radius 3 is 2.36 bits per heavy atom. The second-order valence-electron chi connectivity index (χ2n) is 7.76. The van der Waals surface area contributed by atoms with Crippen LogP contribution in [-0.4, -0.2) is 85.8 Å². The van der Waals surface area contributed by atoms with E-state index in [9.17, 15) is 14.4 Å². The summed E-state index contributed by atoms with van der Waals surface area (Å²) in [5.74, 6) is 0.255. The van der Waals surface area contributed by atoms with E-state index in [2.05, 4.69) is 4.90 Å². The first-order valence-corrected chi connectivity index (χ1v) is 10.1. The molecular weight excluding hydrogens is 356 g/mol. The van der Waals surface area contributed by atoms with Crippen LogP contribution in [0.5, 0.6) is 0 Å². The molecule has 0 aromatic heterocycles. The maximum Gasteiger partial charge on any atom is 0.253 e. The smallest absolute Gasteiger partial charge is 0.253 e. The Labute approximate surface area is 166 Å². The van der Waals surface area contributed by atoms with Gasteiger partial charge in [-0.1, -0.05) is 0 Å². The highest BCUT2D eigenvalue weighted by molar-refractivity contribution is 5.97. The lowest BCUT2D eigenvalue weighted by Crippen LogP contribution is -2.39. The summed E-state index contributed by atoms with van der Waals surface area (Å²) in [5.41, 5.74) is 1.51. The predicted octanol–water partition coefficient (Wildman–Crippen LogP) is 1.44. The van der Waals surface area contributed by atoms with Crippen molar-refractivity contribution in [3.63, 3.8) is 0 Å².